The van der Waals surface area contributed by atoms with Crippen molar-refractivity contribution in [3.8, 4) is 0 Å². The minimum Gasteiger partial charge on any atom is -0.316 e. The maximum atomic E-state index is 12.9. The second-order valence-corrected chi connectivity index (χ2v) is 4.05. The van der Waals surface area contributed by atoms with E-state index in [1.165, 1.54) is 11.6 Å². The minimum atomic E-state index is -0.228. The molecule has 0 radical (unpaired) electrons. The fourth-order valence-corrected chi connectivity index (χ4v) is 1.61. The molecule has 0 aromatic heterocycles. The van der Waals surface area contributed by atoms with Crippen LogP contribution in [0.3, 0.4) is 0 Å². The molecule has 0 saturated heterocycles. The first-order valence-electron chi connectivity index (χ1n) is 4.40. The Morgan fingerprint density at radius 3 is 2.86 bits per heavy atom. The van der Waals surface area contributed by atoms with E-state index in [2.05, 4.69) is 21.2 Å². The molecule has 0 amide bonds. The van der Waals surface area contributed by atoms with E-state index in [4.69, 9.17) is 0 Å². The van der Waals surface area contributed by atoms with Crippen LogP contribution in [0.25, 0.3) is 6.08 Å². The molecule has 0 aliphatic carbocycles. The van der Waals surface area contributed by atoms with Crippen LogP contribution >= 0.6 is 15.9 Å². The van der Waals surface area contributed by atoms with Gasteiger partial charge < -0.3 is 5.32 Å². The van der Waals surface area contributed by atoms with Crippen LogP contribution in [0.5, 0.6) is 0 Å². The van der Waals surface area contributed by atoms with E-state index in [-0.39, 0.29) is 5.82 Å². The normalized spacial score (nSPS) is 11.9. The largest absolute Gasteiger partial charge is 0.316 e. The summed E-state index contributed by atoms with van der Waals surface area (Å²) in [5, 5.41) is 3.06. The Balaban J connectivity index is 2.87. The lowest BCUT2D eigenvalue weighted by Gasteiger charge is -2.01. The number of likely N-dealkylation sites (N-methyl/N-ethyl adjacent to an activating group) is 1. The monoisotopic (exact) mass is 257 g/mol. The zero-order valence-electron chi connectivity index (χ0n) is 8.27. The number of hydrogen-bond acceptors (Lipinski definition) is 1. The molecular formula is C11H13BrFN. The average Bonchev–Trinajstić information content (AvgIpc) is 2.12. The molecule has 0 fully saturated rings. The molecule has 3 heteroatoms. The highest BCUT2D eigenvalue weighted by Crippen LogP contribution is 2.18. The number of halogens is 2. The Bertz CT molecular complexity index is 347. The maximum absolute atomic E-state index is 12.9. The van der Waals surface area contributed by atoms with Gasteiger partial charge in [-0.05, 0) is 47.6 Å². The average molecular weight is 258 g/mol. The smallest absolute Gasteiger partial charge is 0.137 e. The Kier molecular flexibility index (Phi) is 4.29. The second kappa shape index (κ2) is 5.27. The standard InChI is InChI=1S/C11H13BrFN/c1-8(7-14-2)5-9-3-4-11(13)10(12)6-9/h3-6,14H,7H2,1-2H3. The van der Waals surface area contributed by atoms with Gasteiger partial charge in [-0.25, -0.2) is 4.39 Å². The van der Waals surface area contributed by atoms with E-state index >= 15 is 0 Å². The summed E-state index contributed by atoms with van der Waals surface area (Å²) in [5.41, 5.74) is 2.22. The van der Waals surface area contributed by atoms with Gasteiger partial charge in [0.05, 0.1) is 4.47 Å². The molecule has 0 spiro atoms. The lowest BCUT2D eigenvalue weighted by atomic mass is 10.1. The van der Waals surface area contributed by atoms with Crippen molar-refractivity contribution in [1.29, 1.82) is 0 Å². The van der Waals surface area contributed by atoms with Gasteiger partial charge in [-0.3, -0.25) is 0 Å². The van der Waals surface area contributed by atoms with E-state index < -0.39 is 0 Å². The predicted molar refractivity (Wildman–Crippen MR) is 61.7 cm³/mol. The molecule has 0 bridgehead atoms. The highest BCUT2D eigenvalue weighted by Gasteiger charge is 1.98. The molecule has 1 nitrogen and oxygen atoms in total. The molecule has 0 heterocycles. The van der Waals surface area contributed by atoms with E-state index in [0.717, 1.165) is 12.1 Å². The Hall–Kier alpha value is -0.670. The van der Waals surface area contributed by atoms with Gasteiger partial charge >= 0.3 is 0 Å². The van der Waals surface area contributed by atoms with Gasteiger partial charge in [0.15, 0.2) is 0 Å². The number of nitrogens with one attached hydrogen (secondary N) is 1. The lowest BCUT2D eigenvalue weighted by Crippen LogP contribution is -2.08. The van der Waals surface area contributed by atoms with Crippen molar-refractivity contribution in [2.75, 3.05) is 13.6 Å². The first-order chi connectivity index (χ1) is 6.63. The SMILES string of the molecule is CNCC(C)=Cc1ccc(F)c(Br)c1. The van der Waals surface area contributed by atoms with E-state index in [9.17, 15) is 4.39 Å². The molecule has 0 unspecified atom stereocenters. The van der Waals surface area contributed by atoms with Gasteiger partial charge in [0.1, 0.15) is 5.82 Å². The summed E-state index contributed by atoms with van der Waals surface area (Å²) in [7, 11) is 1.90. The van der Waals surface area contributed by atoms with Crippen LogP contribution in [0, 0.1) is 5.82 Å². The summed E-state index contributed by atoms with van der Waals surface area (Å²) in [5.74, 6) is -0.228. The third-order valence-electron chi connectivity index (χ3n) is 1.81. The van der Waals surface area contributed by atoms with E-state index in [0.29, 0.717) is 4.47 Å². The van der Waals surface area contributed by atoms with Gasteiger partial charge in [0, 0.05) is 6.54 Å². The van der Waals surface area contributed by atoms with Gasteiger partial charge in [-0.15, -0.1) is 0 Å². The summed E-state index contributed by atoms with van der Waals surface area (Å²) in [6, 6.07) is 5.00. The quantitative estimate of drug-likeness (QED) is 0.877. The fourth-order valence-electron chi connectivity index (χ4n) is 1.22. The Labute approximate surface area is 92.1 Å². The molecule has 1 rings (SSSR count). The highest BCUT2D eigenvalue weighted by atomic mass is 79.9. The van der Waals surface area contributed by atoms with Crippen molar-refractivity contribution >= 4 is 22.0 Å². The minimum absolute atomic E-state index is 0.228. The van der Waals surface area contributed by atoms with Crippen molar-refractivity contribution in [2.45, 2.75) is 6.92 Å². The molecular weight excluding hydrogens is 245 g/mol. The van der Waals surface area contributed by atoms with Crippen LogP contribution in [0.1, 0.15) is 12.5 Å². The van der Waals surface area contributed by atoms with Crippen LogP contribution in [0.2, 0.25) is 0 Å². The summed E-state index contributed by atoms with van der Waals surface area (Å²) in [6.45, 7) is 2.88. The molecule has 0 aliphatic heterocycles. The topological polar surface area (TPSA) is 12.0 Å². The molecule has 14 heavy (non-hydrogen) atoms. The van der Waals surface area contributed by atoms with Crippen molar-refractivity contribution in [2.24, 2.45) is 0 Å². The molecule has 0 aliphatic rings. The summed E-state index contributed by atoms with van der Waals surface area (Å²) < 4.78 is 13.4. The zero-order valence-corrected chi connectivity index (χ0v) is 9.86. The zero-order chi connectivity index (χ0) is 10.6. The Morgan fingerprint density at radius 1 is 1.57 bits per heavy atom. The first-order valence-corrected chi connectivity index (χ1v) is 5.19. The van der Waals surface area contributed by atoms with Gasteiger partial charge in [0.25, 0.3) is 0 Å². The molecule has 76 valence electrons. The number of benzene rings is 1. The summed E-state index contributed by atoms with van der Waals surface area (Å²) in [4.78, 5) is 0. The molecule has 1 aromatic carbocycles. The maximum Gasteiger partial charge on any atom is 0.137 e. The van der Waals surface area contributed by atoms with Crippen molar-refractivity contribution in [3.63, 3.8) is 0 Å². The van der Waals surface area contributed by atoms with E-state index in [1.54, 1.807) is 12.1 Å². The summed E-state index contributed by atoms with van der Waals surface area (Å²) in [6.07, 6.45) is 2.03. The molecule has 0 saturated carbocycles. The van der Waals surface area contributed by atoms with Gasteiger partial charge in [-0.2, -0.15) is 0 Å². The van der Waals surface area contributed by atoms with Crippen molar-refractivity contribution < 1.29 is 4.39 Å². The first kappa shape index (κ1) is 11.4. The lowest BCUT2D eigenvalue weighted by molar-refractivity contribution is 0.621. The van der Waals surface area contributed by atoms with Crippen LogP contribution in [0.4, 0.5) is 4.39 Å². The predicted octanol–water partition coefficient (Wildman–Crippen LogP) is 3.21. The summed E-state index contributed by atoms with van der Waals surface area (Å²) >= 11 is 3.16. The van der Waals surface area contributed by atoms with Crippen LogP contribution < -0.4 is 5.32 Å². The van der Waals surface area contributed by atoms with Crippen LogP contribution in [0.15, 0.2) is 28.2 Å². The van der Waals surface area contributed by atoms with Crippen molar-refractivity contribution in [3.05, 3.63) is 39.6 Å². The van der Waals surface area contributed by atoms with Crippen LogP contribution in [-0.4, -0.2) is 13.6 Å². The molecule has 0 atom stereocenters. The highest BCUT2D eigenvalue weighted by molar-refractivity contribution is 9.10. The third-order valence-corrected chi connectivity index (χ3v) is 2.42. The van der Waals surface area contributed by atoms with Gasteiger partial charge in [-0.1, -0.05) is 17.7 Å². The van der Waals surface area contributed by atoms with Crippen LogP contribution in [-0.2, 0) is 0 Å². The number of rotatable bonds is 3. The third kappa shape index (κ3) is 3.24. The molecule has 1 N–H and O–H groups in total. The number of hydrogen-bond donors (Lipinski definition) is 1. The molecule has 1 aromatic rings. The Morgan fingerprint density at radius 2 is 2.29 bits per heavy atom. The van der Waals surface area contributed by atoms with Gasteiger partial charge in [0.2, 0.25) is 0 Å². The second-order valence-electron chi connectivity index (χ2n) is 3.19. The fraction of sp³-hybridized carbons (Fsp3) is 0.273. The van der Waals surface area contributed by atoms with Crippen molar-refractivity contribution in [1.82, 2.24) is 5.32 Å². The van der Waals surface area contributed by atoms with E-state index in [1.807, 2.05) is 20.0 Å².